The summed E-state index contributed by atoms with van der Waals surface area (Å²) in [6.07, 6.45) is 1.61. The second-order valence-electron chi connectivity index (χ2n) is 7.68. The predicted octanol–water partition coefficient (Wildman–Crippen LogP) is 3.09. The SMILES string of the molecule is Cc1c(Cl)cccc1NC(=O)C(=O)NCCCc1ccc(N2CCN(C)CC2)cc1. The molecule has 0 spiro atoms. The first kappa shape index (κ1) is 22.1. The standard InChI is InChI=1S/C23H29ClN4O2/c1-17-20(24)6-3-7-21(17)26-23(30)22(29)25-12-4-5-18-8-10-19(11-9-18)28-15-13-27(2)14-16-28/h3,6-11H,4-5,12-16H2,1-2H3,(H,25,29)(H,26,30). The van der Waals surface area contributed by atoms with Crippen LogP contribution in [0.4, 0.5) is 11.4 Å². The topological polar surface area (TPSA) is 64.7 Å². The third-order valence-electron chi connectivity index (χ3n) is 5.45. The lowest BCUT2D eigenvalue weighted by molar-refractivity contribution is -0.136. The van der Waals surface area contributed by atoms with Crippen molar-refractivity contribution in [1.82, 2.24) is 10.2 Å². The summed E-state index contributed by atoms with van der Waals surface area (Å²) in [7, 11) is 2.15. The number of nitrogens with one attached hydrogen (secondary N) is 2. The molecule has 2 N–H and O–H groups in total. The number of carbonyl (C=O) groups is 2. The number of anilines is 2. The van der Waals surface area contributed by atoms with Gasteiger partial charge >= 0.3 is 11.8 Å². The van der Waals surface area contributed by atoms with Gasteiger partial charge in [-0.2, -0.15) is 0 Å². The van der Waals surface area contributed by atoms with Gasteiger partial charge in [0.05, 0.1) is 0 Å². The molecular weight excluding hydrogens is 400 g/mol. The maximum atomic E-state index is 12.1. The van der Waals surface area contributed by atoms with Crippen LogP contribution in [0.15, 0.2) is 42.5 Å². The first-order valence-corrected chi connectivity index (χ1v) is 10.7. The summed E-state index contributed by atoms with van der Waals surface area (Å²) >= 11 is 6.04. The van der Waals surface area contributed by atoms with Gasteiger partial charge in [0.25, 0.3) is 0 Å². The Kier molecular flexibility index (Phi) is 7.71. The Bertz CT molecular complexity index is 877. The summed E-state index contributed by atoms with van der Waals surface area (Å²) < 4.78 is 0. The lowest BCUT2D eigenvalue weighted by atomic mass is 10.1. The Balaban J connectivity index is 1.39. The zero-order valence-corrected chi connectivity index (χ0v) is 18.3. The largest absolute Gasteiger partial charge is 0.369 e. The molecule has 0 radical (unpaired) electrons. The van der Waals surface area contributed by atoms with E-state index in [9.17, 15) is 9.59 Å². The number of amides is 2. The molecule has 0 atom stereocenters. The van der Waals surface area contributed by atoms with Crippen molar-refractivity contribution in [1.29, 1.82) is 0 Å². The van der Waals surface area contributed by atoms with Gasteiger partial charge in [0, 0.05) is 49.1 Å². The number of nitrogens with zero attached hydrogens (tertiary/aromatic N) is 2. The summed E-state index contributed by atoms with van der Waals surface area (Å²) in [6.45, 7) is 6.53. The molecule has 0 aliphatic carbocycles. The van der Waals surface area contributed by atoms with Crippen LogP contribution in [0.5, 0.6) is 0 Å². The van der Waals surface area contributed by atoms with E-state index in [4.69, 9.17) is 11.6 Å². The van der Waals surface area contributed by atoms with E-state index in [1.807, 2.05) is 0 Å². The monoisotopic (exact) mass is 428 g/mol. The van der Waals surface area contributed by atoms with E-state index in [2.05, 4.69) is 51.7 Å². The molecule has 1 fully saturated rings. The van der Waals surface area contributed by atoms with E-state index < -0.39 is 11.8 Å². The number of halogens is 1. The average molecular weight is 429 g/mol. The number of hydrogen-bond acceptors (Lipinski definition) is 4. The van der Waals surface area contributed by atoms with E-state index in [1.165, 1.54) is 11.3 Å². The van der Waals surface area contributed by atoms with E-state index >= 15 is 0 Å². The van der Waals surface area contributed by atoms with Gasteiger partial charge in [-0.15, -0.1) is 0 Å². The van der Waals surface area contributed by atoms with Crippen molar-refractivity contribution in [3.05, 3.63) is 58.6 Å². The maximum absolute atomic E-state index is 12.1. The Morgan fingerprint density at radius 2 is 1.70 bits per heavy atom. The number of aryl methyl sites for hydroxylation is 1. The molecule has 2 amide bonds. The van der Waals surface area contributed by atoms with Crippen LogP contribution >= 0.6 is 11.6 Å². The molecule has 0 bridgehead atoms. The van der Waals surface area contributed by atoms with Crippen LogP contribution in [-0.4, -0.2) is 56.5 Å². The molecule has 0 aromatic heterocycles. The normalized spacial score (nSPS) is 14.4. The minimum Gasteiger partial charge on any atom is -0.369 e. The number of likely N-dealkylation sites (N-methyl/N-ethyl adjacent to an activating group) is 1. The summed E-state index contributed by atoms with van der Waals surface area (Å²) in [4.78, 5) is 28.9. The molecule has 0 unspecified atom stereocenters. The molecule has 2 aromatic carbocycles. The van der Waals surface area contributed by atoms with E-state index in [-0.39, 0.29) is 0 Å². The fourth-order valence-electron chi connectivity index (χ4n) is 3.43. The Morgan fingerprint density at radius 3 is 2.40 bits per heavy atom. The smallest absolute Gasteiger partial charge is 0.313 e. The van der Waals surface area contributed by atoms with Crippen molar-refractivity contribution >= 4 is 34.8 Å². The maximum Gasteiger partial charge on any atom is 0.313 e. The quantitative estimate of drug-likeness (QED) is 0.548. The highest BCUT2D eigenvalue weighted by Crippen LogP contribution is 2.22. The molecule has 6 nitrogen and oxygen atoms in total. The Labute approximate surface area is 183 Å². The molecule has 1 aliphatic rings. The van der Waals surface area contributed by atoms with E-state index in [1.54, 1.807) is 25.1 Å². The van der Waals surface area contributed by atoms with Crippen molar-refractivity contribution in [3.63, 3.8) is 0 Å². The number of carbonyl (C=O) groups excluding carboxylic acids is 2. The molecular formula is C23H29ClN4O2. The highest BCUT2D eigenvalue weighted by Gasteiger charge is 2.15. The summed E-state index contributed by atoms with van der Waals surface area (Å²) in [5.41, 5.74) is 3.76. The van der Waals surface area contributed by atoms with Gasteiger partial charge in [0.2, 0.25) is 0 Å². The molecule has 2 aromatic rings. The van der Waals surface area contributed by atoms with E-state index in [0.29, 0.717) is 17.3 Å². The molecule has 30 heavy (non-hydrogen) atoms. The van der Waals surface area contributed by atoms with Crippen molar-refractivity contribution in [2.75, 3.05) is 50.0 Å². The fourth-order valence-corrected chi connectivity index (χ4v) is 3.61. The zero-order chi connectivity index (χ0) is 21.5. The summed E-state index contributed by atoms with van der Waals surface area (Å²) in [5, 5.41) is 5.83. The number of piperazine rings is 1. The third kappa shape index (κ3) is 5.97. The predicted molar refractivity (Wildman–Crippen MR) is 122 cm³/mol. The lowest BCUT2D eigenvalue weighted by Gasteiger charge is -2.34. The van der Waals surface area contributed by atoms with Crippen LogP contribution in [0.3, 0.4) is 0 Å². The molecule has 3 rings (SSSR count). The van der Waals surface area contributed by atoms with Gasteiger partial charge < -0.3 is 20.4 Å². The second-order valence-corrected chi connectivity index (χ2v) is 8.09. The van der Waals surface area contributed by atoms with Crippen LogP contribution in [-0.2, 0) is 16.0 Å². The van der Waals surface area contributed by atoms with Crippen LogP contribution in [0, 0.1) is 6.92 Å². The number of rotatable bonds is 6. The van der Waals surface area contributed by atoms with Crippen LogP contribution in [0.2, 0.25) is 5.02 Å². The van der Waals surface area contributed by atoms with Crippen LogP contribution < -0.4 is 15.5 Å². The Morgan fingerprint density at radius 1 is 1.00 bits per heavy atom. The Hall–Kier alpha value is -2.57. The molecule has 7 heteroatoms. The van der Waals surface area contributed by atoms with Gasteiger partial charge in [-0.3, -0.25) is 9.59 Å². The molecule has 160 valence electrons. The first-order valence-electron chi connectivity index (χ1n) is 10.3. The highest BCUT2D eigenvalue weighted by atomic mass is 35.5. The number of hydrogen-bond donors (Lipinski definition) is 2. The average Bonchev–Trinajstić information content (AvgIpc) is 2.75. The third-order valence-corrected chi connectivity index (χ3v) is 5.86. The van der Waals surface area contributed by atoms with Crippen molar-refractivity contribution in [3.8, 4) is 0 Å². The van der Waals surface area contributed by atoms with Gasteiger partial charge in [0.1, 0.15) is 0 Å². The zero-order valence-electron chi connectivity index (χ0n) is 17.6. The van der Waals surface area contributed by atoms with Crippen LogP contribution in [0.25, 0.3) is 0 Å². The minimum atomic E-state index is -0.683. The summed E-state index contributed by atoms with van der Waals surface area (Å²) in [5.74, 6) is -1.32. The van der Waals surface area contributed by atoms with E-state index in [0.717, 1.165) is 44.6 Å². The minimum absolute atomic E-state index is 0.445. The van der Waals surface area contributed by atoms with Crippen LogP contribution in [0.1, 0.15) is 17.5 Å². The number of benzene rings is 2. The molecule has 0 saturated carbocycles. The van der Waals surface area contributed by atoms with Gasteiger partial charge in [-0.25, -0.2) is 0 Å². The summed E-state index contributed by atoms with van der Waals surface area (Å²) in [6, 6.07) is 13.8. The van der Waals surface area contributed by atoms with Crippen molar-refractivity contribution in [2.24, 2.45) is 0 Å². The van der Waals surface area contributed by atoms with Gasteiger partial charge in [-0.05, 0) is 62.2 Å². The second kappa shape index (κ2) is 10.5. The molecule has 1 aliphatic heterocycles. The lowest BCUT2D eigenvalue weighted by Crippen LogP contribution is -2.44. The molecule has 1 saturated heterocycles. The first-order chi connectivity index (χ1) is 14.4. The van der Waals surface area contributed by atoms with Gasteiger partial charge in [0.15, 0.2) is 0 Å². The highest BCUT2D eigenvalue weighted by molar-refractivity contribution is 6.40. The van der Waals surface area contributed by atoms with Gasteiger partial charge in [-0.1, -0.05) is 29.8 Å². The fraction of sp³-hybridized carbons (Fsp3) is 0.391. The van der Waals surface area contributed by atoms with Crippen molar-refractivity contribution in [2.45, 2.75) is 19.8 Å². The molecule has 1 heterocycles. The van der Waals surface area contributed by atoms with Crippen molar-refractivity contribution < 1.29 is 9.59 Å².